The Kier molecular flexibility index (Phi) is 15.5. The van der Waals surface area contributed by atoms with E-state index < -0.39 is 0 Å². The standard InChI is InChI=1S/C19H18N2O3.C8H4.C6H4/c1-15-7-9-16(10-8-15)24-14-19(22)21(13-17-5-4-12-23-17)18-6-2-3-11-20-18;1-3-5-7-8-6-4-2;1-3-5-6-4-2/h2-12H,13-14H2,1H3;1-2H2;1-2H2. The van der Waals surface area contributed by atoms with Gasteiger partial charge in [-0.2, -0.15) is 0 Å². The summed E-state index contributed by atoms with van der Waals surface area (Å²) in [6.45, 7) is 15.2. The number of rotatable bonds is 6. The number of ether oxygens (including phenoxy) is 1. The van der Waals surface area contributed by atoms with Gasteiger partial charge in [-0.05, 0) is 104 Å². The molecule has 0 spiro atoms. The van der Waals surface area contributed by atoms with Gasteiger partial charge in [0.05, 0.1) is 12.8 Å². The quantitative estimate of drug-likeness (QED) is 0.353. The number of carbonyl (C=O) groups excluding carboxylic acids is 1. The van der Waals surface area contributed by atoms with Crippen molar-refractivity contribution in [2.24, 2.45) is 0 Å². The van der Waals surface area contributed by atoms with E-state index in [4.69, 9.17) is 9.15 Å². The lowest BCUT2D eigenvalue weighted by molar-refractivity contribution is -0.120. The number of benzene rings is 1. The van der Waals surface area contributed by atoms with Crippen molar-refractivity contribution in [3.8, 4) is 5.75 Å². The van der Waals surface area contributed by atoms with Gasteiger partial charge in [0.15, 0.2) is 6.61 Å². The number of carbonyl (C=O) groups is 1. The minimum atomic E-state index is -0.189. The van der Waals surface area contributed by atoms with Crippen molar-refractivity contribution in [3.05, 3.63) is 162 Å². The molecule has 3 rings (SSSR count). The van der Waals surface area contributed by atoms with E-state index in [0.29, 0.717) is 23.9 Å². The van der Waals surface area contributed by atoms with Crippen LogP contribution in [-0.2, 0) is 11.3 Å². The van der Waals surface area contributed by atoms with E-state index in [0.717, 1.165) is 5.56 Å². The van der Waals surface area contributed by atoms with Crippen LogP contribution in [-0.4, -0.2) is 17.5 Å². The maximum absolute atomic E-state index is 12.6. The van der Waals surface area contributed by atoms with Crippen LogP contribution in [0.5, 0.6) is 5.75 Å². The molecule has 0 aliphatic rings. The van der Waals surface area contributed by atoms with Gasteiger partial charge >= 0.3 is 0 Å². The largest absolute Gasteiger partial charge is 0.484 e. The molecule has 0 saturated carbocycles. The van der Waals surface area contributed by atoms with Crippen molar-refractivity contribution in [2.75, 3.05) is 11.5 Å². The summed E-state index contributed by atoms with van der Waals surface area (Å²) in [5, 5.41) is 0. The normalized spacial score (nSPS) is 7.82. The highest BCUT2D eigenvalue weighted by Gasteiger charge is 2.19. The Bertz CT molecular complexity index is 1470. The zero-order chi connectivity index (χ0) is 27.8. The van der Waals surface area contributed by atoms with Gasteiger partial charge in [0.1, 0.15) is 17.3 Å². The lowest BCUT2D eigenvalue weighted by atomic mass is 10.2. The number of pyridine rings is 1. The van der Waals surface area contributed by atoms with E-state index >= 15 is 0 Å². The topological polar surface area (TPSA) is 55.6 Å². The Morgan fingerprint density at radius 3 is 1.95 bits per heavy atom. The fourth-order valence-electron chi connectivity index (χ4n) is 2.47. The predicted molar refractivity (Wildman–Crippen MR) is 148 cm³/mol. The third-order valence-corrected chi connectivity index (χ3v) is 4.11. The molecule has 2 heterocycles. The third kappa shape index (κ3) is 13.2. The van der Waals surface area contributed by atoms with E-state index in [1.54, 1.807) is 29.5 Å². The maximum Gasteiger partial charge on any atom is 0.266 e. The molecule has 5 nitrogen and oxygen atoms in total. The summed E-state index contributed by atoms with van der Waals surface area (Å²) in [6.07, 6.45) is 3.23. The maximum atomic E-state index is 12.6. The minimum absolute atomic E-state index is 0.0691. The first kappa shape index (κ1) is 30.2. The molecule has 0 aliphatic carbocycles. The second kappa shape index (κ2) is 19.5. The summed E-state index contributed by atoms with van der Waals surface area (Å²) >= 11 is 0. The summed E-state index contributed by atoms with van der Waals surface area (Å²) < 4.78 is 10.9. The molecule has 0 saturated heterocycles. The first-order valence-electron chi connectivity index (χ1n) is 11.1. The van der Waals surface area contributed by atoms with Crippen LogP contribution < -0.4 is 9.64 Å². The molecule has 0 unspecified atom stereocenters. The smallest absolute Gasteiger partial charge is 0.266 e. The first-order valence-corrected chi connectivity index (χ1v) is 11.1. The van der Waals surface area contributed by atoms with Crippen molar-refractivity contribution in [1.82, 2.24) is 4.98 Å². The number of hydrogen-bond acceptors (Lipinski definition) is 4. The fourth-order valence-corrected chi connectivity index (χ4v) is 2.47. The third-order valence-electron chi connectivity index (χ3n) is 4.11. The fraction of sp³-hybridized carbons (Fsp3) is 0.0909. The van der Waals surface area contributed by atoms with Gasteiger partial charge in [-0.1, -0.05) is 46.7 Å². The van der Waals surface area contributed by atoms with Gasteiger partial charge in [0.25, 0.3) is 5.91 Å². The molecule has 1 aromatic carbocycles. The molecule has 38 heavy (non-hydrogen) atoms. The van der Waals surface area contributed by atoms with E-state index in [9.17, 15) is 4.79 Å². The number of aryl methyl sites for hydroxylation is 1. The Morgan fingerprint density at radius 1 is 0.842 bits per heavy atom. The molecule has 0 radical (unpaired) electrons. The summed E-state index contributed by atoms with van der Waals surface area (Å²) in [5.41, 5.74) is 25.2. The lowest BCUT2D eigenvalue weighted by Crippen LogP contribution is -2.35. The van der Waals surface area contributed by atoms with Crippen molar-refractivity contribution in [2.45, 2.75) is 13.5 Å². The Morgan fingerprint density at radius 2 is 1.45 bits per heavy atom. The molecule has 3 aromatic rings. The van der Waals surface area contributed by atoms with Crippen LogP contribution in [0.1, 0.15) is 11.3 Å². The zero-order valence-corrected chi connectivity index (χ0v) is 21.2. The Labute approximate surface area is 223 Å². The number of aromatic nitrogens is 1. The molecule has 2 aromatic heterocycles. The van der Waals surface area contributed by atoms with Gasteiger partial charge in [0, 0.05) is 6.20 Å². The van der Waals surface area contributed by atoms with Crippen LogP contribution >= 0.6 is 0 Å². The molecule has 0 fully saturated rings. The lowest BCUT2D eigenvalue weighted by Gasteiger charge is -2.20. The molecule has 1 amide bonds. The molecule has 0 N–H and O–H groups in total. The average molecular weight is 499 g/mol. The highest BCUT2D eigenvalue weighted by atomic mass is 16.5. The summed E-state index contributed by atoms with van der Waals surface area (Å²) in [6, 6.07) is 16.6. The van der Waals surface area contributed by atoms with E-state index in [-0.39, 0.29) is 12.5 Å². The zero-order valence-electron chi connectivity index (χ0n) is 21.2. The van der Waals surface area contributed by atoms with E-state index in [1.807, 2.05) is 49.4 Å². The highest BCUT2D eigenvalue weighted by Crippen LogP contribution is 2.16. The van der Waals surface area contributed by atoms with Gasteiger partial charge in [-0.25, -0.2) is 4.98 Å². The van der Waals surface area contributed by atoms with Crippen molar-refractivity contribution in [1.29, 1.82) is 0 Å². The Balaban J connectivity index is 0.000000427. The first-order chi connectivity index (χ1) is 18.5. The monoisotopic (exact) mass is 498 g/mol. The molecular weight excluding hydrogens is 472 g/mol. The van der Waals surface area contributed by atoms with Gasteiger partial charge in [-0.3, -0.25) is 9.69 Å². The molecule has 0 aliphatic heterocycles. The van der Waals surface area contributed by atoms with Crippen LogP contribution in [0.15, 0.2) is 155 Å². The van der Waals surface area contributed by atoms with Gasteiger partial charge < -0.3 is 9.15 Å². The number of hydrogen-bond donors (Lipinski definition) is 0. The summed E-state index contributed by atoms with van der Waals surface area (Å²) in [7, 11) is 0. The van der Waals surface area contributed by atoms with Crippen LogP contribution in [0.4, 0.5) is 5.82 Å². The van der Waals surface area contributed by atoms with Crippen LogP contribution in [0.3, 0.4) is 0 Å². The van der Waals surface area contributed by atoms with E-state index in [1.165, 1.54) is 0 Å². The van der Waals surface area contributed by atoms with Crippen LogP contribution in [0.25, 0.3) is 0 Å². The van der Waals surface area contributed by atoms with E-state index in [2.05, 4.69) is 88.6 Å². The highest BCUT2D eigenvalue weighted by molar-refractivity contribution is 5.93. The van der Waals surface area contributed by atoms with Gasteiger partial charge in [0.2, 0.25) is 0 Å². The average Bonchev–Trinajstić information content (AvgIpc) is 3.47. The Hall–Kier alpha value is -5.80. The number of nitrogens with zero attached hydrogens (tertiary/aromatic N) is 2. The summed E-state index contributed by atoms with van der Waals surface area (Å²) in [4.78, 5) is 18.4. The second-order valence-electron chi connectivity index (χ2n) is 6.81. The molecule has 0 atom stereocenters. The molecular formula is C33H26N2O3. The number of furan rings is 1. The van der Waals surface area contributed by atoms with Gasteiger partial charge in [-0.15, -0.1) is 0 Å². The molecule has 0 bridgehead atoms. The predicted octanol–water partition coefficient (Wildman–Crippen LogP) is 6.75. The number of anilines is 1. The van der Waals surface area contributed by atoms with Crippen molar-refractivity contribution >= 4 is 11.7 Å². The van der Waals surface area contributed by atoms with Crippen LogP contribution in [0, 0.1) is 6.92 Å². The van der Waals surface area contributed by atoms with Crippen molar-refractivity contribution < 1.29 is 13.9 Å². The molecule has 186 valence electrons. The minimum Gasteiger partial charge on any atom is -0.484 e. The van der Waals surface area contributed by atoms with Crippen molar-refractivity contribution in [3.63, 3.8) is 0 Å². The second-order valence-corrected chi connectivity index (χ2v) is 6.81. The van der Waals surface area contributed by atoms with Crippen LogP contribution in [0.2, 0.25) is 0 Å². The SMILES string of the molecule is C=C=C=C=C=C.C=C=C=C=C=C=C=C.Cc1ccc(OCC(=O)N(Cc2ccco2)c2ccccn2)cc1. The molecule has 5 heteroatoms. The number of amides is 1. The summed E-state index contributed by atoms with van der Waals surface area (Å²) in [5.74, 6) is 1.72.